The Morgan fingerprint density at radius 1 is 1.26 bits per heavy atom. The first-order valence-corrected chi connectivity index (χ1v) is 8.93. The molecule has 0 bridgehead atoms. The number of hydrogen-bond donors (Lipinski definition) is 4. The summed E-state index contributed by atoms with van der Waals surface area (Å²) in [7, 11) is 1.55. The fraction of sp³-hybridized carbons (Fsp3) is 0.389. The molecule has 0 spiro atoms. The van der Waals surface area contributed by atoms with Crippen molar-refractivity contribution in [2.75, 3.05) is 18.2 Å². The van der Waals surface area contributed by atoms with E-state index in [-0.39, 0.29) is 23.7 Å². The molecule has 1 aliphatic rings. The van der Waals surface area contributed by atoms with Crippen LogP contribution >= 0.6 is 0 Å². The van der Waals surface area contributed by atoms with E-state index < -0.39 is 0 Å². The molecule has 2 heterocycles. The summed E-state index contributed by atoms with van der Waals surface area (Å²) in [6, 6.07) is 7.37. The fourth-order valence-corrected chi connectivity index (χ4v) is 3.51. The van der Waals surface area contributed by atoms with Crippen LogP contribution in [0, 0.1) is 0 Å². The minimum absolute atomic E-state index is 0.163. The number of anilines is 2. The molecule has 27 heavy (non-hydrogen) atoms. The molecule has 1 fully saturated rings. The zero-order chi connectivity index (χ0) is 19.0. The van der Waals surface area contributed by atoms with Crippen molar-refractivity contribution in [2.45, 2.75) is 37.8 Å². The van der Waals surface area contributed by atoms with Crippen molar-refractivity contribution in [1.29, 1.82) is 0 Å². The van der Waals surface area contributed by atoms with E-state index in [1.807, 2.05) is 12.1 Å². The smallest absolute Gasteiger partial charge is 0.332 e. The van der Waals surface area contributed by atoms with Crippen molar-refractivity contribution in [3.63, 3.8) is 0 Å². The molecule has 142 valence electrons. The number of rotatable bonds is 4. The number of ether oxygens (including phenoxy) is 1. The summed E-state index contributed by atoms with van der Waals surface area (Å²) in [5.41, 5.74) is 7.04. The monoisotopic (exact) mass is 370 g/mol. The molecule has 5 N–H and O–H groups in total. The zero-order valence-electron chi connectivity index (χ0n) is 15.0. The number of H-pyrrole nitrogens is 1. The standard InChI is InChI=1S/C18H22N6O3/c1-27-13-5-3-2-4-12(13)24-16-14(21-18(24)26)15(19)22-17(23-16)20-10-6-8-11(25)9-7-10/h2-5,10-11,25H,6-9H2,1H3,(H,21,26)(H3,19,20,22,23). The van der Waals surface area contributed by atoms with Crippen molar-refractivity contribution >= 4 is 22.9 Å². The molecule has 3 aromatic rings. The summed E-state index contributed by atoms with van der Waals surface area (Å²) in [6.45, 7) is 0. The van der Waals surface area contributed by atoms with Gasteiger partial charge in [0, 0.05) is 6.04 Å². The van der Waals surface area contributed by atoms with Crippen LogP contribution in [-0.2, 0) is 0 Å². The van der Waals surface area contributed by atoms with Crippen LogP contribution in [0.4, 0.5) is 11.8 Å². The van der Waals surface area contributed by atoms with Crippen molar-refractivity contribution in [1.82, 2.24) is 19.5 Å². The second kappa shape index (κ2) is 6.92. The highest BCUT2D eigenvalue weighted by Gasteiger charge is 2.22. The van der Waals surface area contributed by atoms with Gasteiger partial charge in [-0.3, -0.25) is 0 Å². The molecule has 0 saturated heterocycles. The first-order chi connectivity index (χ1) is 13.1. The maximum absolute atomic E-state index is 12.6. The summed E-state index contributed by atoms with van der Waals surface area (Å²) in [5.74, 6) is 1.11. The lowest BCUT2D eigenvalue weighted by Crippen LogP contribution is -2.29. The third-order valence-corrected chi connectivity index (χ3v) is 4.92. The Balaban J connectivity index is 1.78. The topological polar surface area (TPSA) is 131 Å². The number of imidazole rings is 1. The van der Waals surface area contributed by atoms with Crippen LogP contribution in [0.2, 0.25) is 0 Å². The summed E-state index contributed by atoms with van der Waals surface area (Å²) in [4.78, 5) is 24.1. The van der Waals surface area contributed by atoms with E-state index >= 15 is 0 Å². The highest BCUT2D eigenvalue weighted by Crippen LogP contribution is 2.26. The van der Waals surface area contributed by atoms with Crippen molar-refractivity contribution in [2.24, 2.45) is 0 Å². The Bertz CT molecular complexity index is 1020. The number of aromatic amines is 1. The number of benzene rings is 1. The van der Waals surface area contributed by atoms with Gasteiger partial charge in [0.15, 0.2) is 11.5 Å². The van der Waals surface area contributed by atoms with Gasteiger partial charge in [-0.2, -0.15) is 9.97 Å². The molecule has 9 heteroatoms. The molecule has 0 radical (unpaired) electrons. The van der Waals surface area contributed by atoms with Gasteiger partial charge in [-0.05, 0) is 37.8 Å². The molecule has 9 nitrogen and oxygen atoms in total. The number of methoxy groups -OCH3 is 1. The maximum atomic E-state index is 12.6. The van der Waals surface area contributed by atoms with Gasteiger partial charge < -0.3 is 25.9 Å². The quantitative estimate of drug-likeness (QED) is 0.546. The molecule has 0 amide bonds. The SMILES string of the molecule is COc1ccccc1-n1c(=O)[nH]c2c(N)nc(NC3CCC(O)CC3)nc21. The summed E-state index contributed by atoms with van der Waals surface area (Å²) in [5, 5.41) is 12.9. The Labute approximate surface area is 155 Å². The van der Waals surface area contributed by atoms with Crippen molar-refractivity contribution in [3.05, 3.63) is 34.7 Å². The molecule has 1 aromatic carbocycles. The van der Waals surface area contributed by atoms with Crippen LogP contribution < -0.4 is 21.5 Å². The molecule has 1 aliphatic carbocycles. The minimum Gasteiger partial charge on any atom is -0.495 e. The number of para-hydroxylation sites is 2. The molecule has 0 atom stereocenters. The van der Waals surface area contributed by atoms with Gasteiger partial charge in [0.05, 0.1) is 18.9 Å². The van der Waals surface area contributed by atoms with E-state index in [0.29, 0.717) is 28.5 Å². The highest BCUT2D eigenvalue weighted by atomic mass is 16.5. The molecule has 1 saturated carbocycles. The molecular weight excluding hydrogens is 348 g/mol. The average molecular weight is 370 g/mol. The van der Waals surface area contributed by atoms with Gasteiger partial charge in [-0.1, -0.05) is 12.1 Å². The minimum atomic E-state index is -0.367. The number of nitrogen functional groups attached to an aromatic ring is 1. The second-order valence-corrected chi connectivity index (χ2v) is 6.72. The molecule has 0 aliphatic heterocycles. The summed E-state index contributed by atoms with van der Waals surface area (Å²) in [6.07, 6.45) is 2.90. The lowest BCUT2D eigenvalue weighted by Gasteiger charge is -2.26. The van der Waals surface area contributed by atoms with Crippen molar-refractivity contribution < 1.29 is 9.84 Å². The fourth-order valence-electron chi connectivity index (χ4n) is 3.51. The van der Waals surface area contributed by atoms with E-state index in [4.69, 9.17) is 10.5 Å². The molecular formula is C18H22N6O3. The summed E-state index contributed by atoms with van der Waals surface area (Å²) < 4.78 is 6.81. The van der Waals surface area contributed by atoms with Crippen LogP contribution in [0.15, 0.2) is 29.1 Å². The Morgan fingerprint density at radius 2 is 2.00 bits per heavy atom. The maximum Gasteiger partial charge on any atom is 0.332 e. The van der Waals surface area contributed by atoms with E-state index in [9.17, 15) is 9.90 Å². The largest absolute Gasteiger partial charge is 0.495 e. The van der Waals surface area contributed by atoms with Crippen molar-refractivity contribution in [3.8, 4) is 11.4 Å². The van der Waals surface area contributed by atoms with Crippen LogP contribution in [0.3, 0.4) is 0 Å². The van der Waals surface area contributed by atoms with Gasteiger partial charge in [-0.15, -0.1) is 0 Å². The first-order valence-electron chi connectivity index (χ1n) is 8.93. The number of nitrogens with two attached hydrogens (primary N) is 1. The number of aromatic nitrogens is 4. The number of hydrogen-bond acceptors (Lipinski definition) is 7. The van der Waals surface area contributed by atoms with E-state index in [1.54, 1.807) is 19.2 Å². The van der Waals surface area contributed by atoms with Gasteiger partial charge >= 0.3 is 5.69 Å². The number of aliphatic hydroxyl groups excluding tert-OH is 1. The zero-order valence-corrected chi connectivity index (χ0v) is 15.0. The predicted molar refractivity (Wildman–Crippen MR) is 102 cm³/mol. The van der Waals surface area contributed by atoms with Crippen LogP contribution in [0.5, 0.6) is 5.75 Å². The number of nitrogens with zero attached hydrogens (tertiary/aromatic N) is 3. The van der Waals surface area contributed by atoms with Crippen LogP contribution in [-0.4, -0.2) is 43.9 Å². The molecule has 2 aromatic heterocycles. The van der Waals surface area contributed by atoms with E-state index in [1.165, 1.54) is 4.57 Å². The van der Waals surface area contributed by atoms with Gasteiger partial charge in [0.25, 0.3) is 0 Å². The van der Waals surface area contributed by atoms with Gasteiger partial charge in [0.2, 0.25) is 5.95 Å². The second-order valence-electron chi connectivity index (χ2n) is 6.72. The molecule has 4 rings (SSSR count). The van der Waals surface area contributed by atoms with Crippen LogP contribution in [0.1, 0.15) is 25.7 Å². The third-order valence-electron chi connectivity index (χ3n) is 4.92. The number of fused-ring (bicyclic) bond motifs is 1. The van der Waals surface area contributed by atoms with Crippen LogP contribution in [0.25, 0.3) is 16.9 Å². The Hall–Kier alpha value is -3.07. The Kier molecular flexibility index (Phi) is 4.44. The van der Waals surface area contributed by atoms with E-state index in [0.717, 1.165) is 25.7 Å². The normalized spacial score (nSPS) is 19.9. The Morgan fingerprint density at radius 3 is 2.74 bits per heavy atom. The summed E-state index contributed by atoms with van der Waals surface area (Å²) >= 11 is 0. The predicted octanol–water partition coefficient (Wildman–Crippen LogP) is 1.41. The first kappa shape index (κ1) is 17.3. The van der Waals surface area contributed by atoms with E-state index in [2.05, 4.69) is 20.3 Å². The number of aliphatic hydroxyl groups is 1. The third kappa shape index (κ3) is 3.21. The van der Waals surface area contributed by atoms with Gasteiger partial charge in [-0.25, -0.2) is 9.36 Å². The molecule has 0 unspecified atom stereocenters. The highest BCUT2D eigenvalue weighted by molar-refractivity contribution is 5.84. The average Bonchev–Trinajstić information content (AvgIpc) is 3.00. The van der Waals surface area contributed by atoms with Gasteiger partial charge in [0.1, 0.15) is 11.3 Å². The number of nitrogens with one attached hydrogen (secondary N) is 2. The lowest BCUT2D eigenvalue weighted by atomic mass is 9.93. The lowest BCUT2D eigenvalue weighted by molar-refractivity contribution is 0.126.